The van der Waals surface area contributed by atoms with Gasteiger partial charge in [-0.3, -0.25) is 0 Å². The number of carboxylic acid groups (broad SMARTS) is 1. The second-order valence-corrected chi connectivity index (χ2v) is 3.87. The molecule has 0 atom stereocenters. The van der Waals surface area contributed by atoms with Crippen LogP contribution < -0.4 is 11.5 Å². The predicted octanol–water partition coefficient (Wildman–Crippen LogP) is 2.96. The highest BCUT2D eigenvalue weighted by atomic mass is 16.4. The van der Waals surface area contributed by atoms with Crippen molar-refractivity contribution in [2.45, 2.75) is 0 Å². The molecule has 0 aliphatic rings. The van der Waals surface area contributed by atoms with Gasteiger partial charge < -0.3 is 16.6 Å². The van der Waals surface area contributed by atoms with Gasteiger partial charge >= 0.3 is 5.97 Å². The SMILES string of the molecule is Nc1ccc(N=Nc2ccc(C(=O)O)cc2)c(N)c1. The Morgan fingerprint density at radius 3 is 2.26 bits per heavy atom. The Kier molecular flexibility index (Phi) is 3.42. The van der Waals surface area contributed by atoms with Crippen molar-refractivity contribution in [2.24, 2.45) is 10.2 Å². The van der Waals surface area contributed by atoms with Gasteiger partial charge in [-0.15, -0.1) is 5.11 Å². The Labute approximate surface area is 109 Å². The third kappa shape index (κ3) is 3.06. The molecule has 0 aliphatic carbocycles. The van der Waals surface area contributed by atoms with Crippen molar-refractivity contribution in [1.29, 1.82) is 0 Å². The molecule has 6 nitrogen and oxygen atoms in total. The van der Waals surface area contributed by atoms with E-state index in [1.165, 1.54) is 12.1 Å². The van der Waals surface area contributed by atoms with Gasteiger partial charge in [0.15, 0.2) is 0 Å². The molecule has 0 saturated heterocycles. The van der Waals surface area contributed by atoms with Crippen molar-refractivity contribution >= 4 is 28.7 Å². The summed E-state index contributed by atoms with van der Waals surface area (Å²) in [6.45, 7) is 0. The molecule has 0 heterocycles. The minimum Gasteiger partial charge on any atom is -0.478 e. The minimum absolute atomic E-state index is 0.200. The normalized spacial score (nSPS) is 10.7. The number of benzene rings is 2. The van der Waals surface area contributed by atoms with E-state index in [1.807, 2.05) is 0 Å². The Hall–Kier alpha value is -2.89. The molecule has 5 N–H and O–H groups in total. The quantitative estimate of drug-likeness (QED) is 0.578. The maximum atomic E-state index is 10.7. The topological polar surface area (TPSA) is 114 Å². The van der Waals surface area contributed by atoms with Crippen molar-refractivity contribution in [1.82, 2.24) is 0 Å². The van der Waals surface area contributed by atoms with Gasteiger partial charge in [0.25, 0.3) is 0 Å². The van der Waals surface area contributed by atoms with Crippen molar-refractivity contribution in [3.63, 3.8) is 0 Å². The Balaban J connectivity index is 2.20. The van der Waals surface area contributed by atoms with E-state index < -0.39 is 5.97 Å². The van der Waals surface area contributed by atoms with Crippen molar-refractivity contribution in [3.8, 4) is 0 Å². The third-order valence-corrected chi connectivity index (χ3v) is 2.44. The number of hydrogen-bond donors (Lipinski definition) is 3. The number of carbonyl (C=O) groups is 1. The first-order valence-electron chi connectivity index (χ1n) is 5.46. The first kappa shape index (κ1) is 12.6. The number of nitrogens with two attached hydrogens (primary N) is 2. The zero-order chi connectivity index (χ0) is 13.8. The van der Waals surface area contributed by atoms with Crippen LogP contribution in [-0.4, -0.2) is 11.1 Å². The van der Waals surface area contributed by atoms with Crippen molar-refractivity contribution in [3.05, 3.63) is 48.0 Å². The highest BCUT2D eigenvalue weighted by Crippen LogP contribution is 2.26. The Morgan fingerprint density at radius 1 is 1.00 bits per heavy atom. The lowest BCUT2D eigenvalue weighted by Crippen LogP contribution is -1.94. The van der Waals surface area contributed by atoms with E-state index in [4.69, 9.17) is 16.6 Å². The average Bonchev–Trinajstić information content (AvgIpc) is 2.38. The summed E-state index contributed by atoms with van der Waals surface area (Å²) in [6.07, 6.45) is 0. The fraction of sp³-hybridized carbons (Fsp3) is 0. The standard InChI is InChI=1S/C13H12N4O2/c14-9-3-6-12(11(15)7-9)17-16-10-4-1-8(2-5-10)13(18)19/h1-7H,14-15H2,(H,18,19). The van der Waals surface area contributed by atoms with E-state index in [1.54, 1.807) is 30.3 Å². The summed E-state index contributed by atoms with van der Waals surface area (Å²) >= 11 is 0. The molecule has 19 heavy (non-hydrogen) atoms. The summed E-state index contributed by atoms with van der Waals surface area (Å²) in [5.74, 6) is -0.980. The van der Waals surface area contributed by atoms with Crippen molar-refractivity contribution < 1.29 is 9.90 Å². The maximum Gasteiger partial charge on any atom is 0.335 e. The largest absolute Gasteiger partial charge is 0.478 e. The first-order chi connectivity index (χ1) is 9.06. The average molecular weight is 256 g/mol. The molecule has 0 fully saturated rings. The number of aromatic carboxylic acids is 1. The molecule has 2 rings (SSSR count). The Morgan fingerprint density at radius 2 is 1.68 bits per heavy atom. The zero-order valence-electron chi connectivity index (χ0n) is 9.95. The molecule has 0 amide bonds. The number of anilines is 2. The molecule has 0 saturated carbocycles. The second-order valence-electron chi connectivity index (χ2n) is 3.87. The van der Waals surface area contributed by atoms with Crippen LogP contribution in [0.25, 0.3) is 0 Å². The third-order valence-electron chi connectivity index (χ3n) is 2.44. The molecule has 0 aliphatic heterocycles. The molecular formula is C13H12N4O2. The molecule has 6 heteroatoms. The molecule has 0 bridgehead atoms. The predicted molar refractivity (Wildman–Crippen MR) is 72.8 cm³/mol. The van der Waals surface area contributed by atoms with Crippen LogP contribution in [0, 0.1) is 0 Å². The van der Waals surface area contributed by atoms with Gasteiger partial charge in [0.05, 0.1) is 16.9 Å². The van der Waals surface area contributed by atoms with Crippen LogP contribution in [0.15, 0.2) is 52.7 Å². The molecule has 96 valence electrons. The fourth-order valence-corrected chi connectivity index (χ4v) is 1.45. The lowest BCUT2D eigenvalue weighted by Gasteiger charge is -2.00. The van der Waals surface area contributed by atoms with Crippen LogP contribution in [-0.2, 0) is 0 Å². The minimum atomic E-state index is -0.980. The molecular weight excluding hydrogens is 244 g/mol. The lowest BCUT2D eigenvalue weighted by molar-refractivity contribution is 0.0697. The highest BCUT2D eigenvalue weighted by molar-refractivity contribution is 5.87. The van der Waals surface area contributed by atoms with E-state index in [2.05, 4.69) is 10.2 Å². The van der Waals surface area contributed by atoms with Gasteiger partial charge in [-0.2, -0.15) is 5.11 Å². The van der Waals surface area contributed by atoms with E-state index in [0.717, 1.165) is 0 Å². The summed E-state index contributed by atoms with van der Waals surface area (Å²) in [4.78, 5) is 10.7. The zero-order valence-corrected chi connectivity index (χ0v) is 9.95. The number of azo groups is 1. The number of hydrogen-bond acceptors (Lipinski definition) is 5. The van der Waals surface area contributed by atoms with Gasteiger partial charge in [-0.25, -0.2) is 4.79 Å². The Bertz CT molecular complexity index is 636. The summed E-state index contributed by atoms with van der Waals surface area (Å²) < 4.78 is 0. The van der Waals surface area contributed by atoms with E-state index in [9.17, 15) is 4.79 Å². The number of nitrogen functional groups attached to an aromatic ring is 2. The van der Waals surface area contributed by atoms with Gasteiger partial charge in [-0.1, -0.05) is 0 Å². The summed E-state index contributed by atoms with van der Waals surface area (Å²) in [7, 11) is 0. The van der Waals surface area contributed by atoms with E-state index in [-0.39, 0.29) is 5.56 Å². The number of rotatable bonds is 3. The van der Waals surface area contributed by atoms with Crippen LogP contribution in [0.5, 0.6) is 0 Å². The maximum absolute atomic E-state index is 10.7. The van der Waals surface area contributed by atoms with Gasteiger partial charge in [0, 0.05) is 5.69 Å². The number of nitrogens with zero attached hydrogens (tertiary/aromatic N) is 2. The molecule has 0 aromatic heterocycles. The highest BCUT2D eigenvalue weighted by Gasteiger charge is 2.01. The second kappa shape index (κ2) is 5.18. The van der Waals surface area contributed by atoms with Crippen LogP contribution in [0.3, 0.4) is 0 Å². The van der Waals surface area contributed by atoms with E-state index >= 15 is 0 Å². The van der Waals surface area contributed by atoms with Gasteiger partial charge in [-0.05, 0) is 42.5 Å². The van der Waals surface area contributed by atoms with Gasteiger partial charge in [0.1, 0.15) is 5.69 Å². The fourth-order valence-electron chi connectivity index (χ4n) is 1.45. The molecule has 2 aromatic carbocycles. The van der Waals surface area contributed by atoms with E-state index in [0.29, 0.717) is 22.7 Å². The van der Waals surface area contributed by atoms with Crippen LogP contribution >= 0.6 is 0 Å². The van der Waals surface area contributed by atoms with Crippen LogP contribution in [0.2, 0.25) is 0 Å². The molecule has 0 radical (unpaired) electrons. The van der Waals surface area contributed by atoms with Gasteiger partial charge in [0.2, 0.25) is 0 Å². The monoisotopic (exact) mass is 256 g/mol. The smallest absolute Gasteiger partial charge is 0.335 e. The van der Waals surface area contributed by atoms with Crippen LogP contribution in [0.4, 0.5) is 22.7 Å². The van der Waals surface area contributed by atoms with Crippen molar-refractivity contribution in [2.75, 3.05) is 11.5 Å². The molecule has 2 aromatic rings. The summed E-state index contributed by atoms with van der Waals surface area (Å²) in [5, 5.41) is 16.7. The van der Waals surface area contributed by atoms with Crippen LogP contribution in [0.1, 0.15) is 10.4 Å². The molecule has 0 unspecified atom stereocenters. The number of carboxylic acids is 1. The first-order valence-corrected chi connectivity index (χ1v) is 5.46. The summed E-state index contributed by atoms with van der Waals surface area (Å²) in [6, 6.07) is 11.0. The summed E-state index contributed by atoms with van der Waals surface area (Å²) in [5.41, 5.74) is 13.6. The molecule has 0 spiro atoms. The lowest BCUT2D eigenvalue weighted by atomic mass is 10.2.